The number of aromatic nitrogens is 2. The van der Waals surface area contributed by atoms with Crippen molar-refractivity contribution in [3.8, 4) is 22.8 Å². The third kappa shape index (κ3) is 5.83. The number of benzene rings is 2. The van der Waals surface area contributed by atoms with Gasteiger partial charge in [-0.25, -0.2) is 9.37 Å². The fourth-order valence-electron chi connectivity index (χ4n) is 5.17. The lowest BCUT2D eigenvalue weighted by Gasteiger charge is -2.26. The minimum Gasteiger partial charge on any atom is -0.489 e. The topological polar surface area (TPSA) is 168 Å². The Hall–Kier alpha value is -4.90. The summed E-state index contributed by atoms with van der Waals surface area (Å²) in [5, 5.41) is 12.3. The smallest absolute Gasteiger partial charge is 0.255 e. The largest absolute Gasteiger partial charge is 0.489 e. The van der Waals surface area contributed by atoms with Gasteiger partial charge in [0.25, 0.3) is 5.91 Å². The van der Waals surface area contributed by atoms with E-state index < -0.39 is 28.6 Å². The summed E-state index contributed by atoms with van der Waals surface area (Å²) in [6, 6.07) is 12.3. The van der Waals surface area contributed by atoms with Crippen molar-refractivity contribution in [2.45, 2.75) is 51.0 Å². The van der Waals surface area contributed by atoms with Crippen molar-refractivity contribution in [3.05, 3.63) is 82.9 Å². The van der Waals surface area contributed by atoms with Crippen LogP contribution in [0, 0.1) is 5.82 Å². The predicted molar refractivity (Wildman–Crippen MR) is 161 cm³/mol. The van der Waals surface area contributed by atoms with Gasteiger partial charge in [-0.3, -0.25) is 19.4 Å². The Kier molecular flexibility index (Phi) is 8.09. The van der Waals surface area contributed by atoms with Gasteiger partial charge in [-0.2, -0.15) is 0 Å². The highest BCUT2D eigenvalue weighted by molar-refractivity contribution is 6.01. The van der Waals surface area contributed by atoms with Gasteiger partial charge in [0.15, 0.2) is 12.4 Å². The molecule has 2 amide bonds. The molecule has 44 heavy (non-hydrogen) atoms. The van der Waals surface area contributed by atoms with Gasteiger partial charge in [-0.05, 0) is 80.8 Å². The Labute approximate surface area is 253 Å². The van der Waals surface area contributed by atoms with Crippen LogP contribution in [0.4, 0.5) is 4.39 Å². The quantitative estimate of drug-likeness (QED) is 0.218. The van der Waals surface area contributed by atoms with Crippen LogP contribution in [0.25, 0.3) is 22.2 Å². The van der Waals surface area contributed by atoms with E-state index in [1.54, 1.807) is 25.3 Å². The van der Waals surface area contributed by atoms with Crippen molar-refractivity contribution in [1.82, 2.24) is 9.97 Å². The van der Waals surface area contributed by atoms with Gasteiger partial charge in [0.05, 0.1) is 5.69 Å². The van der Waals surface area contributed by atoms with Gasteiger partial charge in [-0.15, -0.1) is 0 Å². The zero-order chi connectivity index (χ0) is 31.8. The van der Waals surface area contributed by atoms with Crippen molar-refractivity contribution in [2.75, 3.05) is 13.2 Å². The van der Waals surface area contributed by atoms with Gasteiger partial charge < -0.3 is 26.0 Å². The van der Waals surface area contributed by atoms with Crippen LogP contribution < -0.4 is 20.9 Å². The number of halogens is 1. The van der Waals surface area contributed by atoms with Crippen LogP contribution in [0.3, 0.4) is 0 Å². The Morgan fingerprint density at radius 3 is 2.52 bits per heavy atom. The van der Waals surface area contributed by atoms with Gasteiger partial charge in [0.2, 0.25) is 5.91 Å². The van der Waals surface area contributed by atoms with Crippen LogP contribution in [-0.4, -0.2) is 45.9 Å². The number of carbonyl (C=O) groups is 3. The minimum absolute atomic E-state index is 0.0195. The van der Waals surface area contributed by atoms with E-state index in [1.807, 2.05) is 13.0 Å². The number of ketones is 1. The number of nitrogens with two attached hydrogens (primary N) is 2. The minimum atomic E-state index is -1.63. The van der Waals surface area contributed by atoms with Crippen molar-refractivity contribution in [2.24, 2.45) is 11.5 Å². The molecule has 1 aliphatic heterocycles. The maximum atomic E-state index is 13.7. The third-order valence-corrected chi connectivity index (χ3v) is 8.03. The summed E-state index contributed by atoms with van der Waals surface area (Å²) in [7, 11) is 0. The SMILES string of the molecule is CCc1cnc2c(OCC(N)=O)cc(C(=O)CC[C@](C)(O)c3cc4c(c(-c5ccc(F)cc5)n3)OC[C@]4(C)C(N)=O)cc2c1. The summed E-state index contributed by atoms with van der Waals surface area (Å²) in [6.45, 7) is 4.76. The molecule has 0 radical (unpaired) electrons. The number of rotatable bonds is 11. The Bertz CT molecular complexity index is 1790. The number of aliphatic hydroxyl groups is 1. The van der Waals surface area contributed by atoms with Gasteiger partial charge >= 0.3 is 0 Å². The third-order valence-electron chi connectivity index (χ3n) is 8.03. The highest BCUT2D eigenvalue weighted by Gasteiger charge is 2.45. The number of ether oxygens (including phenoxy) is 2. The first-order valence-corrected chi connectivity index (χ1v) is 14.2. The van der Waals surface area contributed by atoms with Gasteiger partial charge in [0, 0.05) is 34.7 Å². The number of amides is 2. The van der Waals surface area contributed by atoms with E-state index in [1.165, 1.54) is 37.3 Å². The summed E-state index contributed by atoms with van der Waals surface area (Å²) in [4.78, 5) is 46.5. The normalized spacial score (nSPS) is 17.0. The molecular formula is C33H33FN4O6. The lowest BCUT2D eigenvalue weighted by Crippen LogP contribution is -2.40. The molecule has 228 valence electrons. The van der Waals surface area contributed by atoms with E-state index >= 15 is 0 Å². The molecular weight excluding hydrogens is 567 g/mol. The number of aryl methyl sites for hydroxylation is 1. The molecule has 5 N–H and O–H groups in total. The number of hydrogen-bond donors (Lipinski definition) is 3. The van der Waals surface area contributed by atoms with Crippen molar-refractivity contribution in [3.63, 3.8) is 0 Å². The molecule has 2 aromatic heterocycles. The van der Waals surface area contributed by atoms with E-state index in [0.29, 0.717) is 39.0 Å². The molecule has 2 aromatic carbocycles. The first-order chi connectivity index (χ1) is 20.8. The fourth-order valence-corrected chi connectivity index (χ4v) is 5.17. The molecule has 4 aromatic rings. The van der Waals surface area contributed by atoms with Crippen LogP contribution >= 0.6 is 0 Å². The number of nitrogens with zero attached hydrogens (tertiary/aromatic N) is 2. The maximum absolute atomic E-state index is 13.7. The number of hydrogen-bond acceptors (Lipinski definition) is 8. The van der Waals surface area contributed by atoms with Gasteiger partial charge in [-0.1, -0.05) is 6.92 Å². The lowest BCUT2D eigenvalue weighted by atomic mass is 9.81. The molecule has 3 heterocycles. The zero-order valence-electron chi connectivity index (χ0n) is 24.6. The molecule has 0 aliphatic carbocycles. The molecule has 0 saturated heterocycles. The van der Waals surface area contributed by atoms with E-state index in [0.717, 1.165) is 12.0 Å². The molecule has 10 nitrogen and oxygen atoms in total. The maximum Gasteiger partial charge on any atom is 0.255 e. The molecule has 0 bridgehead atoms. The van der Waals surface area contributed by atoms with Gasteiger partial charge in [0.1, 0.15) is 46.1 Å². The summed E-state index contributed by atoms with van der Waals surface area (Å²) in [6.07, 6.45) is 2.32. The molecule has 0 saturated carbocycles. The number of pyridine rings is 2. The van der Waals surface area contributed by atoms with Crippen LogP contribution in [-0.2, 0) is 27.0 Å². The number of Topliss-reactive ketones (excluding diaryl/α,β-unsaturated/α-hetero) is 1. The average Bonchev–Trinajstić information content (AvgIpc) is 3.35. The molecule has 0 fully saturated rings. The average molecular weight is 601 g/mol. The number of primary amides is 2. The molecule has 2 atom stereocenters. The first-order valence-electron chi connectivity index (χ1n) is 14.2. The summed E-state index contributed by atoms with van der Waals surface area (Å²) < 4.78 is 25.2. The van der Waals surface area contributed by atoms with Crippen LogP contribution in [0.5, 0.6) is 11.5 Å². The Morgan fingerprint density at radius 2 is 1.86 bits per heavy atom. The van der Waals surface area contributed by atoms with Crippen molar-refractivity contribution in [1.29, 1.82) is 0 Å². The molecule has 11 heteroatoms. The Morgan fingerprint density at radius 1 is 1.14 bits per heavy atom. The lowest BCUT2D eigenvalue weighted by molar-refractivity contribution is -0.123. The van der Waals surface area contributed by atoms with E-state index in [-0.39, 0.29) is 43.3 Å². The van der Waals surface area contributed by atoms with Crippen LogP contribution in [0.1, 0.15) is 60.8 Å². The van der Waals surface area contributed by atoms with Crippen LogP contribution in [0.2, 0.25) is 0 Å². The van der Waals surface area contributed by atoms with E-state index in [4.69, 9.17) is 20.9 Å². The summed E-state index contributed by atoms with van der Waals surface area (Å²) >= 11 is 0. The summed E-state index contributed by atoms with van der Waals surface area (Å²) in [5.41, 5.74) is 11.4. The molecule has 5 rings (SSSR count). The second-order valence-electron chi connectivity index (χ2n) is 11.4. The zero-order valence-corrected chi connectivity index (χ0v) is 24.6. The Balaban J connectivity index is 1.48. The second-order valence-corrected chi connectivity index (χ2v) is 11.4. The molecule has 0 unspecified atom stereocenters. The fraction of sp³-hybridized carbons (Fsp3) is 0.303. The highest BCUT2D eigenvalue weighted by Crippen LogP contribution is 2.46. The second kappa shape index (κ2) is 11.6. The number of carbonyl (C=O) groups excluding carboxylic acids is 3. The molecule has 0 spiro atoms. The van der Waals surface area contributed by atoms with Crippen molar-refractivity contribution < 1.29 is 33.4 Å². The monoisotopic (exact) mass is 600 g/mol. The molecule has 1 aliphatic rings. The van der Waals surface area contributed by atoms with Crippen molar-refractivity contribution >= 4 is 28.5 Å². The first kappa shape index (κ1) is 30.6. The summed E-state index contributed by atoms with van der Waals surface area (Å²) in [5.74, 6) is -1.44. The van der Waals surface area contributed by atoms with E-state index in [9.17, 15) is 23.9 Å². The van der Waals surface area contributed by atoms with Crippen LogP contribution in [0.15, 0.2) is 54.7 Å². The standard InChI is InChI=1S/C33H33FN4O6/c1-4-18-11-21-12-20(13-25(28(21)37-15-18)43-16-27(35)40)24(39)9-10-33(3,42)26-14-23-30(44-17-32(23,2)31(36)41)29(38-26)19-5-7-22(34)8-6-19/h5-8,11-15,42H,4,9-10,16-17H2,1-3H3,(H2,35,40)(H2,36,41)/t32-,33-/m0/s1. The highest BCUT2D eigenvalue weighted by atomic mass is 19.1. The number of fused-ring (bicyclic) bond motifs is 2. The van der Waals surface area contributed by atoms with E-state index in [2.05, 4.69) is 9.97 Å². The predicted octanol–water partition coefficient (Wildman–Crippen LogP) is 3.87.